The molecule has 0 N–H and O–H groups in total. The first kappa shape index (κ1) is 17.0. The maximum absolute atomic E-state index is 13.0. The van der Waals surface area contributed by atoms with Crippen LogP contribution in [0.2, 0.25) is 0 Å². The van der Waals surface area contributed by atoms with Gasteiger partial charge in [0, 0.05) is 5.39 Å². The van der Waals surface area contributed by atoms with Crippen LogP contribution in [0.15, 0.2) is 84.9 Å². The van der Waals surface area contributed by atoms with E-state index in [0.29, 0.717) is 6.61 Å². The van der Waals surface area contributed by atoms with Gasteiger partial charge in [-0.2, -0.15) is 0 Å². The average Bonchev–Trinajstić information content (AvgIpc) is 2.72. The van der Waals surface area contributed by atoms with E-state index >= 15 is 0 Å². The summed E-state index contributed by atoms with van der Waals surface area (Å²) in [6.07, 6.45) is 3.84. The number of ether oxygens (including phenoxy) is 1. The summed E-state index contributed by atoms with van der Waals surface area (Å²) >= 11 is 0. The summed E-state index contributed by atoms with van der Waals surface area (Å²) < 4.78 is 19.0. The second kappa shape index (κ2) is 7.83. The summed E-state index contributed by atoms with van der Waals surface area (Å²) in [7, 11) is 0. The summed E-state index contributed by atoms with van der Waals surface area (Å²) in [5.74, 6) is 0.518. The molecule has 1 aromatic heterocycles. The number of para-hydroxylation sites is 1. The van der Waals surface area contributed by atoms with Crippen molar-refractivity contribution in [2.45, 2.75) is 6.61 Å². The van der Waals surface area contributed by atoms with Gasteiger partial charge < -0.3 is 4.74 Å². The van der Waals surface area contributed by atoms with Crippen molar-refractivity contribution in [3.05, 3.63) is 108 Å². The van der Waals surface area contributed by atoms with Crippen molar-refractivity contribution in [2.24, 2.45) is 0 Å². The molecule has 1 heterocycles. The topological polar surface area (TPSA) is 22.1 Å². The third kappa shape index (κ3) is 4.21. The first-order chi connectivity index (χ1) is 13.3. The number of aromatic nitrogens is 1. The van der Waals surface area contributed by atoms with Crippen LogP contribution in [0.5, 0.6) is 5.75 Å². The Morgan fingerprint density at radius 1 is 0.778 bits per heavy atom. The standard InChI is InChI=1S/C24H18FNO/c25-21-13-9-18(10-14-21)11-15-22-16-12-20-7-4-8-23(24(20)26-22)27-17-19-5-2-1-3-6-19/h1-16H,17H2/b15-11+. The van der Waals surface area contributed by atoms with Gasteiger partial charge >= 0.3 is 0 Å². The summed E-state index contributed by atoms with van der Waals surface area (Å²) in [5, 5.41) is 1.03. The van der Waals surface area contributed by atoms with Crippen LogP contribution in [0.4, 0.5) is 4.39 Å². The van der Waals surface area contributed by atoms with Crippen LogP contribution in [0.25, 0.3) is 23.1 Å². The first-order valence-corrected chi connectivity index (χ1v) is 8.78. The molecular weight excluding hydrogens is 337 g/mol. The Morgan fingerprint density at radius 2 is 1.59 bits per heavy atom. The van der Waals surface area contributed by atoms with E-state index in [1.54, 1.807) is 12.1 Å². The molecule has 0 fully saturated rings. The average molecular weight is 355 g/mol. The molecule has 0 atom stereocenters. The molecule has 0 aliphatic carbocycles. The van der Waals surface area contributed by atoms with Gasteiger partial charge in [0.1, 0.15) is 23.7 Å². The molecule has 132 valence electrons. The lowest BCUT2D eigenvalue weighted by Gasteiger charge is -2.09. The normalized spacial score (nSPS) is 11.1. The maximum Gasteiger partial charge on any atom is 0.146 e. The third-order valence-corrected chi connectivity index (χ3v) is 4.26. The zero-order valence-corrected chi connectivity index (χ0v) is 14.7. The molecule has 0 saturated heterocycles. The van der Waals surface area contributed by atoms with Crippen molar-refractivity contribution in [3.63, 3.8) is 0 Å². The number of halogens is 1. The molecule has 3 aromatic carbocycles. The molecule has 0 amide bonds. The quantitative estimate of drug-likeness (QED) is 0.430. The van der Waals surface area contributed by atoms with Gasteiger partial charge in [-0.3, -0.25) is 0 Å². The molecule has 0 bridgehead atoms. The molecular formula is C24H18FNO. The van der Waals surface area contributed by atoms with Crippen LogP contribution in [0.3, 0.4) is 0 Å². The number of hydrogen-bond donors (Lipinski definition) is 0. The van der Waals surface area contributed by atoms with E-state index in [9.17, 15) is 4.39 Å². The van der Waals surface area contributed by atoms with Crippen molar-refractivity contribution in [3.8, 4) is 5.75 Å². The third-order valence-electron chi connectivity index (χ3n) is 4.26. The van der Waals surface area contributed by atoms with E-state index < -0.39 is 0 Å². The van der Waals surface area contributed by atoms with Gasteiger partial charge in [0.15, 0.2) is 0 Å². The number of benzene rings is 3. The van der Waals surface area contributed by atoms with Crippen molar-refractivity contribution in [1.29, 1.82) is 0 Å². The zero-order chi connectivity index (χ0) is 18.5. The second-order valence-corrected chi connectivity index (χ2v) is 6.22. The minimum atomic E-state index is -0.240. The zero-order valence-electron chi connectivity index (χ0n) is 14.7. The number of rotatable bonds is 5. The molecule has 4 aromatic rings. The van der Waals surface area contributed by atoms with Gasteiger partial charge in [0.2, 0.25) is 0 Å². The molecule has 3 heteroatoms. The van der Waals surface area contributed by atoms with E-state index in [1.807, 2.05) is 72.8 Å². The van der Waals surface area contributed by atoms with Gasteiger partial charge in [-0.15, -0.1) is 0 Å². The molecule has 27 heavy (non-hydrogen) atoms. The van der Waals surface area contributed by atoms with Gasteiger partial charge in [0.25, 0.3) is 0 Å². The van der Waals surface area contributed by atoms with Crippen molar-refractivity contribution in [1.82, 2.24) is 4.98 Å². The second-order valence-electron chi connectivity index (χ2n) is 6.22. The van der Waals surface area contributed by atoms with E-state index in [1.165, 1.54) is 12.1 Å². The van der Waals surface area contributed by atoms with Gasteiger partial charge in [-0.1, -0.05) is 66.7 Å². The number of pyridine rings is 1. The molecule has 0 unspecified atom stereocenters. The highest BCUT2D eigenvalue weighted by atomic mass is 19.1. The molecule has 2 nitrogen and oxygen atoms in total. The Hall–Kier alpha value is -3.46. The Balaban J connectivity index is 1.59. The van der Waals surface area contributed by atoms with Gasteiger partial charge in [0.05, 0.1) is 5.69 Å². The fraction of sp³-hybridized carbons (Fsp3) is 0.0417. The van der Waals surface area contributed by atoms with E-state index in [2.05, 4.69) is 0 Å². The Morgan fingerprint density at radius 3 is 2.41 bits per heavy atom. The fourth-order valence-electron chi connectivity index (χ4n) is 2.84. The lowest BCUT2D eigenvalue weighted by atomic mass is 10.1. The van der Waals surface area contributed by atoms with E-state index in [0.717, 1.165) is 33.5 Å². The van der Waals surface area contributed by atoms with Crippen LogP contribution in [-0.2, 0) is 6.61 Å². The lowest BCUT2D eigenvalue weighted by molar-refractivity contribution is 0.309. The summed E-state index contributed by atoms with van der Waals surface area (Å²) in [5.41, 5.74) is 3.69. The van der Waals surface area contributed by atoms with Crippen LogP contribution in [-0.4, -0.2) is 4.98 Å². The molecule has 0 aliphatic rings. The first-order valence-electron chi connectivity index (χ1n) is 8.78. The van der Waals surface area contributed by atoms with E-state index in [-0.39, 0.29) is 5.82 Å². The molecule has 0 radical (unpaired) electrons. The van der Waals surface area contributed by atoms with Crippen LogP contribution < -0.4 is 4.74 Å². The Labute approximate surface area is 157 Å². The van der Waals surface area contributed by atoms with Crippen LogP contribution in [0, 0.1) is 5.82 Å². The van der Waals surface area contributed by atoms with Crippen molar-refractivity contribution < 1.29 is 9.13 Å². The predicted molar refractivity (Wildman–Crippen MR) is 108 cm³/mol. The van der Waals surface area contributed by atoms with Crippen molar-refractivity contribution in [2.75, 3.05) is 0 Å². The largest absolute Gasteiger partial charge is 0.487 e. The molecule has 4 rings (SSSR count). The van der Waals surface area contributed by atoms with Crippen molar-refractivity contribution >= 4 is 23.1 Å². The van der Waals surface area contributed by atoms with E-state index in [4.69, 9.17) is 9.72 Å². The minimum Gasteiger partial charge on any atom is -0.487 e. The minimum absolute atomic E-state index is 0.240. The van der Waals surface area contributed by atoms with Gasteiger partial charge in [-0.25, -0.2) is 9.37 Å². The highest BCUT2D eigenvalue weighted by molar-refractivity contribution is 5.86. The number of fused-ring (bicyclic) bond motifs is 1. The SMILES string of the molecule is Fc1ccc(/C=C/c2ccc3cccc(OCc4ccccc4)c3n2)cc1. The highest BCUT2D eigenvalue weighted by Gasteiger charge is 2.05. The smallest absolute Gasteiger partial charge is 0.146 e. The predicted octanol–water partition coefficient (Wildman–Crippen LogP) is 6.12. The van der Waals surface area contributed by atoms with Crippen LogP contribution >= 0.6 is 0 Å². The molecule has 0 saturated carbocycles. The maximum atomic E-state index is 13.0. The van der Waals surface area contributed by atoms with Gasteiger partial charge in [-0.05, 0) is 41.5 Å². The summed E-state index contributed by atoms with van der Waals surface area (Å²) in [4.78, 5) is 4.73. The lowest BCUT2D eigenvalue weighted by Crippen LogP contribution is -1.97. The number of hydrogen-bond acceptors (Lipinski definition) is 2. The molecule has 0 spiro atoms. The molecule has 0 aliphatic heterocycles. The Bertz CT molecular complexity index is 1070. The Kier molecular flexibility index (Phi) is 4.93. The fourth-order valence-corrected chi connectivity index (χ4v) is 2.84. The van der Waals surface area contributed by atoms with Crippen LogP contribution in [0.1, 0.15) is 16.8 Å². The summed E-state index contributed by atoms with van der Waals surface area (Å²) in [6.45, 7) is 0.497. The number of nitrogens with zero attached hydrogens (tertiary/aromatic N) is 1. The summed E-state index contributed by atoms with van der Waals surface area (Å²) in [6, 6.07) is 26.3. The monoisotopic (exact) mass is 355 g/mol. The highest BCUT2D eigenvalue weighted by Crippen LogP contribution is 2.25.